The van der Waals surface area contributed by atoms with Gasteiger partial charge in [-0.3, -0.25) is 4.79 Å². The van der Waals surface area contributed by atoms with Crippen LogP contribution in [0.5, 0.6) is 0 Å². The highest BCUT2D eigenvalue weighted by Gasteiger charge is 2.22. The third-order valence-electron chi connectivity index (χ3n) is 2.56. The van der Waals surface area contributed by atoms with Gasteiger partial charge < -0.3 is 15.9 Å². The van der Waals surface area contributed by atoms with Gasteiger partial charge in [0.15, 0.2) is 0 Å². The number of nitrogen functional groups attached to an aromatic ring is 1. The Kier molecular flexibility index (Phi) is 1.79. The second kappa shape index (κ2) is 3.18. The SMILES string of the molecule is NC(=O)c1c(-c2cnc(N)nc2)c2ccc1o2. The van der Waals surface area contributed by atoms with E-state index in [1.54, 1.807) is 12.1 Å². The lowest BCUT2D eigenvalue weighted by Gasteiger charge is -2.01. The van der Waals surface area contributed by atoms with Gasteiger partial charge in [0.1, 0.15) is 11.2 Å². The molecular formula is C11H8N4O2. The van der Waals surface area contributed by atoms with E-state index in [2.05, 4.69) is 9.97 Å². The topological polar surface area (TPSA) is 108 Å². The molecule has 17 heavy (non-hydrogen) atoms. The summed E-state index contributed by atoms with van der Waals surface area (Å²) in [6.45, 7) is 0. The Morgan fingerprint density at radius 1 is 1.18 bits per heavy atom. The lowest BCUT2D eigenvalue weighted by atomic mass is 10.0. The molecule has 84 valence electrons. The van der Waals surface area contributed by atoms with Gasteiger partial charge in [-0.15, -0.1) is 0 Å². The number of nitrogens with zero attached hydrogens (tertiary/aromatic N) is 2. The van der Waals surface area contributed by atoms with Crippen molar-refractivity contribution in [1.29, 1.82) is 0 Å². The Morgan fingerprint density at radius 3 is 2.47 bits per heavy atom. The predicted molar refractivity (Wildman–Crippen MR) is 61.4 cm³/mol. The molecule has 0 saturated heterocycles. The van der Waals surface area contributed by atoms with Crippen LogP contribution in [0.1, 0.15) is 10.4 Å². The highest BCUT2D eigenvalue weighted by atomic mass is 16.3. The maximum absolute atomic E-state index is 11.4. The fraction of sp³-hybridized carbons (Fsp3) is 0. The third-order valence-corrected chi connectivity index (χ3v) is 2.56. The number of benzene rings is 1. The molecule has 0 aliphatic carbocycles. The minimum absolute atomic E-state index is 0.173. The van der Waals surface area contributed by atoms with Gasteiger partial charge >= 0.3 is 0 Å². The Morgan fingerprint density at radius 2 is 1.82 bits per heavy atom. The molecule has 3 aromatic heterocycles. The van der Waals surface area contributed by atoms with E-state index >= 15 is 0 Å². The molecule has 0 fully saturated rings. The fourth-order valence-corrected chi connectivity index (χ4v) is 1.85. The average molecular weight is 228 g/mol. The van der Waals surface area contributed by atoms with Crippen LogP contribution in [-0.4, -0.2) is 15.9 Å². The average Bonchev–Trinajstić information content (AvgIpc) is 2.89. The van der Waals surface area contributed by atoms with E-state index in [-0.39, 0.29) is 5.95 Å². The van der Waals surface area contributed by atoms with Gasteiger partial charge in [0.2, 0.25) is 5.95 Å². The van der Waals surface area contributed by atoms with Gasteiger partial charge in [-0.25, -0.2) is 9.97 Å². The molecule has 0 unspecified atom stereocenters. The molecule has 0 aromatic carbocycles. The van der Waals surface area contributed by atoms with Crippen LogP contribution in [0.2, 0.25) is 0 Å². The summed E-state index contributed by atoms with van der Waals surface area (Å²) in [5.74, 6) is -0.363. The fourth-order valence-electron chi connectivity index (χ4n) is 1.85. The van der Waals surface area contributed by atoms with Crippen molar-refractivity contribution in [3.05, 3.63) is 30.1 Å². The number of furan rings is 2. The maximum Gasteiger partial charge on any atom is 0.253 e. The summed E-state index contributed by atoms with van der Waals surface area (Å²) in [7, 11) is 0. The molecule has 0 saturated carbocycles. The van der Waals surface area contributed by atoms with Crippen molar-refractivity contribution in [3.63, 3.8) is 0 Å². The molecule has 2 bridgehead atoms. The molecule has 4 N–H and O–H groups in total. The number of carbonyl (C=O) groups excluding carboxylic acids is 1. The molecule has 0 aliphatic rings. The van der Waals surface area contributed by atoms with Crippen LogP contribution in [0.25, 0.3) is 22.3 Å². The van der Waals surface area contributed by atoms with Crippen LogP contribution in [-0.2, 0) is 0 Å². The zero-order valence-electron chi connectivity index (χ0n) is 8.68. The molecule has 3 aromatic rings. The quantitative estimate of drug-likeness (QED) is 0.680. The van der Waals surface area contributed by atoms with Crippen molar-refractivity contribution in [2.45, 2.75) is 0 Å². The zero-order valence-corrected chi connectivity index (χ0v) is 8.68. The van der Waals surface area contributed by atoms with E-state index in [0.29, 0.717) is 27.9 Å². The Hall–Kier alpha value is -2.63. The number of fused-ring (bicyclic) bond motifs is 2. The first kappa shape index (κ1) is 9.59. The number of hydrogen-bond acceptors (Lipinski definition) is 5. The minimum Gasteiger partial charge on any atom is -0.456 e. The van der Waals surface area contributed by atoms with Gasteiger partial charge in [-0.05, 0) is 12.1 Å². The van der Waals surface area contributed by atoms with Crippen molar-refractivity contribution in [1.82, 2.24) is 9.97 Å². The number of aromatic nitrogens is 2. The molecule has 6 heteroatoms. The maximum atomic E-state index is 11.4. The van der Waals surface area contributed by atoms with Crippen LogP contribution in [0.3, 0.4) is 0 Å². The number of anilines is 1. The Bertz CT molecular complexity index is 687. The monoisotopic (exact) mass is 228 g/mol. The van der Waals surface area contributed by atoms with Gasteiger partial charge in [0, 0.05) is 23.5 Å². The first-order valence-electron chi connectivity index (χ1n) is 4.89. The summed E-state index contributed by atoms with van der Waals surface area (Å²) < 4.78 is 5.40. The van der Waals surface area contributed by atoms with Crippen LogP contribution < -0.4 is 11.5 Å². The van der Waals surface area contributed by atoms with Crippen molar-refractivity contribution >= 4 is 23.0 Å². The standard InChI is InChI=1S/C11H8N4O2/c12-10(16)9-7-2-1-6(17-7)8(9)5-3-14-11(13)15-4-5/h1-4H,(H2,12,16)(H2,13,14,15). The van der Waals surface area contributed by atoms with E-state index in [9.17, 15) is 4.79 Å². The predicted octanol–water partition coefficient (Wildman–Crippen LogP) is 1.01. The highest BCUT2D eigenvalue weighted by Crippen LogP contribution is 2.36. The largest absolute Gasteiger partial charge is 0.456 e. The van der Waals surface area contributed by atoms with E-state index in [1.165, 1.54) is 12.4 Å². The van der Waals surface area contributed by atoms with E-state index in [0.717, 1.165) is 0 Å². The van der Waals surface area contributed by atoms with Crippen LogP contribution in [0.15, 0.2) is 28.9 Å². The Labute approximate surface area is 95.6 Å². The normalized spacial score (nSPS) is 11.1. The molecule has 0 radical (unpaired) electrons. The van der Waals surface area contributed by atoms with Crippen LogP contribution >= 0.6 is 0 Å². The van der Waals surface area contributed by atoms with Crippen molar-refractivity contribution in [3.8, 4) is 11.1 Å². The highest BCUT2D eigenvalue weighted by molar-refractivity contribution is 6.10. The van der Waals surface area contributed by atoms with Crippen molar-refractivity contribution in [2.24, 2.45) is 5.73 Å². The smallest absolute Gasteiger partial charge is 0.253 e. The van der Waals surface area contributed by atoms with Gasteiger partial charge in [0.25, 0.3) is 5.91 Å². The van der Waals surface area contributed by atoms with Crippen molar-refractivity contribution < 1.29 is 9.21 Å². The number of rotatable bonds is 2. The summed E-state index contributed by atoms with van der Waals surface area (Å²) in [6.07, 6.45) is 3.07. The van der Waals surface area contributed by atoms with E-state index in [1.807, 2.05) is 0 Å². The number of primary amides is 1. The molecule has 0 spiro atoms. The summed E-state index contributed by atoms with van der Waals surface area (Å²) in [5, 5.41) is 0. The Balaban J connectivity index is 2.27. The lowest BCUT2D eigenvalue weighted by molar-refractivity contribution is 0.100. The summed E-state index contributed by atoms with van der Waals surface area (Å²) in [6, 6.07) is 3.48. The first-order valence-corrected chi connectivity index (χ1v) is 4.89. The molecule has 6 nitrogen and oxygen atoms in total. The van der Waals surface area contributed by atoms with Gasteiger partial charge in [-0.1, -0.05) is 0 Å². The van der Waals surface area contributed by atoms with Crippen LogP contribution in [0.4, 0.5) is 5.95 Å². The minimum atomic E-state index is -0.536. The first-order chi connectivity index (χ1) is 8.16. The summed E-state index contributed by atoms with van der Waals surface area (Å²) >= 11 is 0. The third kappa shape index (κ3) is 1.31. The second-order valence-electron chi connectivity index (χ2n) is 3.61. The summed E-state index contributed by atoms with van der Waals surface area (Å²) in [4.78, 5) is 19.2. The van der Waals surface area contributed by atoms with Crippen molar-refractivity contribution in [2.75, 3.05) is 5.73 Å². The molecular weight excluding hydrogens is 220 g/mol. The summed E-state index contributed by atoms with van der Waals surface area (Å²) in [5.41, 5.74) is 13.4. The number of amides is 1. The van der Waals surface area contributed by atoms with E-state index < -0.39 is 5.91 Å². The van der Waals surface area contributed by atoms with E-state index in [4.69, 9.17) is 15.9 Å². The molecule has 0 aliphatic heterocycles. The van der Waals surface area contributed by atoms with Crippen LogP contribution in [0, 0.1) is 0 Å². The molecule has 3 rings (SSSR count). The number of carbonyl (C=O) groups is 1. The second-order valence-corrected chi connectivity index (χ2v) is 3.61. The molecule has 0 atom stereocenters. The lowest BCUT2D eigenvalue weighted by Crippen LogP contribution is -2.11. The molecule has 3 heterocycles. The number of nitrogens with two attached hydrogens (primary N) is 2. The molecule has 1 amide bonds. The number of hydrogen-bond donors (Lipinski definition) is 2. The van der Waals surface area contributed by atoms with Gasteiger partial charge in [-0.2, -0.15) is 0 Å². The van der Waals surface area contributed by atoms with Gasteiger partial charge in [0.05, 0.1) is 5.56 Å². The zero-order chi connectivity index (χ0) is 12.0.